The fraction of sp³-hybridized carbons (Fsp3) is 0.583. The minimum atomic E-state index is 0.706. The maximum atomic E-state index is 4.34. The highest BCUT2D eigenvalue weighted by Crippen LogP contribution is 2.13. The van der Waals surface area contributed by atoms with Gasteiger partial charge in [0.05, 0.1) is 0 Å². The molecule has 78 valence electrons. The summed E-state index contributed by atoms with van der Waals surface area (Å²) in [4.78, 5) is 6.50. The van der Waals surface area contributed by atoms with Crippen LogP contribution in [0, 0.1) is 5.92 Å². The third-order valence-corrected chi connectivity index (χ3v) is 2.32. The van der Waals surface area contributed by atoms with Crippen LogP contribution in [0.3, 0.4) is 0 Å². The molecule has 0 aliphatic rings. The minimum absolute atomic E-state index is 0.706. The zero-order valence-corrected chi connectivity index (χ0v) is 9.62. The molecule has 0 spiro atoms. The number of pyridine rings is 1. The van der Waals surface area contributed by atoms with Crippen LogP contribution in [-0.4, -0.2) is 18.6 Å². The summed E-state index contributed by atoms with van der Waals surface area (Å²) in [6.07, 6.45) is 3.03. The molecular weight excluding hydrogens is 172 g/mol. The summed E-state index contributed by atoms with van der Waals surface area (Å²) >= 11 is 0. The molecule has 1 heterocycles. The van der Waals surface area contributed by atoms with E-state index in [0.29, 0.717) is 5.92 Å². The molecule has 2 heteroatoms. The summed E-state index contributed by atoms with van der Waals surface area (Å²) in [5, 5.41) is 0. The Balaban J connectivity index is 2.78. The molecule has 0 bridgehead atoms. The van der Waals surface area contributed by atoms with Gasteiger partial charge in [-0.2, -0.15) is 0 Å². The summed E-state index contributed by atoms with van der Waals surface area (Å²) < 4.78 is 0. The third-order valence-electron chi connectivity index (χ3n) is 2.32. The second kappa shape index (κ2) is 4.99. The fourth-order valence-corrected chi connectivity index (χ4v) is 1.43. The van der Waals surface area contributed by atoms with Gasteiger partial charge in [-0.05, 0) is 37.0 Å². The molecule has 0 radical (unpaired) electrons. The molecule has 1 aromatic heterocycles. The largest absolute Gasteiger partial charge is 0.360 e. The first-order valence-corrected chi connectivity index (χ1v) is 5.29. The molecule has 0 aromatic carbocycles. The maximum Gasteiger partial charge on any atom is 0.128 e. The van der Waals surface area contributed by atoms with Gasteiger partial charge < -0.3 is 4.90 Å². The van der Waals surface area contributed by atoms with Gasteiger partial charge in [-0.3, -0.25) is 0 Å². The number of hydrogen-bond acceptors (Lipinski definition) is 2. The average molecular weight is 192 g/mol. The zero-order chi connectivity index (χ0) is 10.6. The number of rotatable bonds is 4. The van der Waals surface area contributed by atoms with E-state index in [0.717, 1.165) is 18.8 Å². The average Bonchev–Trinajstić information content (AvgIpc) is 2.16. The molecule has 0 atom stereocenters. The lowest BCUT2D eigenvalue weighted by Gasteiger charge is -2.16. The van der Waals surface area contributed by atoms with Crippen LogP contribution in [-0.2, 0) is 6.42 Å². The Bertz CT molecular complexity index is 281. The van der Waals surface area contributed by atoms with Crippen molar-refractivity contribution in [1.29, 1.82) is 0 Å². The molecule has 0 saturated heterocycles. The van der Waals surface area contributed by atoms with E-state index < -0.39 is 0 Å². The molecule has 14 heavy (non-hydrogen) atoms. The topological polar surface area (TPSA) is 16.1 Å². The van der Waals surface area contributed by atoms with Crippen LogP contribution in [0.5, 0.6) is 0 Å². The van der Waals surface area contributed by atoms with Crippen molar-refractivity contribution < 1.29 is 0 Å². The summed E-state index contributed by atoms with van der Waals surface area (Å²) in [5.74, 6) is 1.78. The highest BCUT2D eigenvalue weighted by molar-refractivity contribution is 5.39. The van der Waals surface area contributed by atoms with E-state index >= 15 is 0 Å². The second-order valence-corrected chi connectivity index (χ2v) is 4.13. The van der Waals surface area contributed by atoms with Gasteiger partial charge in [-0.15, -0.1) is 0 Å². The predicted octanol–water partition coefficient (Wildman–Crippen LogP) is 2.74. The molecule has 0 saturated carbocycles. The Kier molecular flexibility index (Phi) is 3.93. The van der Waals surface area contributed by atoms with E-state index in [2.05, 4.69) is 49.8 Å². The molecule has 0 fully saturated rings. The second-order valence-electron chi connectivity index (χ2n) is 4.13. The first-order valence-electron chi connectivity index (χ1n) is 5.29. The quantitative estimate of drug-likeness (QED) is 0.729. The summed E-state index contributed by atoms with van der Waals surface area (Å²) in [6.45, 7) is 7.61. The van der Waals surface area contributed by atoms with Gasteiger partial charge in [0.1, 0.15) is 5.82 Å². The fourth-order valence-electron chi connectivity index (χ4n) is 1.43. The number of aromatic nitrogens is 1. The van der Waals surface area contributed by atoms with Crippen LogP contribution in [0.4, 0.5) is 5.82 Å². The first-order chi connectivity index (χ1) is 6.63. The molecule has 0 N–H and O–H groups in total. The molecule has 1 rings (SSSR count). The first kappa shape index (κ1) is 11.0. The van der Waals surface area contributed by atoms with Crippen LogP contribution >= 0.6 is 0 Å². The zero-order valence-electron chi connectivity index (χ0n) is 9.62. The van der Waals surface area contributed by atoms with Crippen molar-refractivity contribution in [2.45, 2.75) is 27.2 Å². The number of hydrogen-bond donors (Lipinski definition) is 0. The molecule has 1 aromatic rings. The Hall–Kier alpha value is -1.05. The van der Waals surface area contributed by atoms with Crippen LogP contribution in [0.25, 0.3) is 0 Å². The molecule has 0 amide bonds. The molecule has 2 nitrogen and oxygen atoms in total. The highest BCUT2D eigenvalue weighted by Gasteiger charge is 2.02. The standard InChI is InChI=1S/C12H20N2/c1-5-14(4)12-9-11(6-7-13-12)8-10(2)3/h6-7,9-10H,5,8H2,1-4H3. The Labute approximate surface area is 87.0 Å². The summed E-state index contributed by atoms with van der Waals surface area (Å²) in [5.41, 5.74) is 1.38. The monoisotopic (exact) mass is 192 g/mol. The summed E-state index contributed by atoms with van der Waals surface area (Å²) in [7, 11) is 2.07. The van der Waals surface area contributed by atoms with Crippen LogP contribution in [0.1, 0.15) is 26.3 Å². The third kappa shape index (κ3) is 3.02. The lowest BCUT2D eigenvalue weighted by Crippen LogP contribution is -2.17. The van der Waals surface area contributed by atoms with Gasteiger partial charge in [-0.25, -0.2) is 4.98 Å². The SMILES string of the molecule is CCN(C)c1cc(CC(C)C)ccn1. The predicted molar refractivity (Wildman–Crippen MR) is 61.7 cm³/mol. The Morgan fingerprint density at radius 1 is 1.43 bits per heavy atom. The lowest BCUT2D eigenvalue weighted by atomic mass is 10.0. The van der Waals surface area contributed by atoms with Gasteiger partial charge in [-0.1, -0.05) is 13.8 Å². The number of nitrogens with zero attached hydrogens (tertiary/aromatic N) is 2. The van der Waals surface area contributed by atoms with E-state index in [1.165, 1.54) is 5.56 Å². The van der Waals surface area contributed by atoms with Crippen LogP contribution in [0.15, 0.2) is 18.3 Å². The van der Waals surface area contributed by atoms with Crippen molar-refractivity contribution in [3.63, 3.8) is 0 Å². The number of anilines is 1. The van der Waals surface area contributed by atoms with Gasteiger partial charge >= 0.3 is 0 Å². The lowest BCUT2D eigenvalue weighted by molar-refractivity contribution is 0.646. The minimum Gasteiger partial charge on any atom is -0.360 e. The Morgan fingerprint density at radius 2 is 2.14 bits per heavy atom. The van der Waals surface area contributed by atoms with Gasteiger partial charge in [0.15, 0.2) is 0 Å². The smallest absolute Gasteiger partial charge is 0.128 e. The van der Waals surface area contributed by atoms with E-state index in [1.807, 2.05) is 6.20 Å². The van der Waals surface area contributed by atoms with Crippen molar-refractivity contribution >= 4 is 5.82 Å². The molecule has 0 aliphatic heterocycles. The van der Waals surface area contributed by atoms with Crippen molar-refractivity contribution in [2.75, 3.05) is 18.5 Å². The van der Waals surface area contributed by atoms with E-state index in [1.54, 1.807) is 0 Å². The van der Waals surface area contributed by atoms with Gasteiger partial charge in [0.25, 0.3) is 0 Å². The van der Waals surface area contributed by atoms with Gasteiger partial charge in [0, 0.05) is 19.8 Å². The van der Waals surface area contributed by atoms with E-state index in [9.17, 15) is 0 Å². The Morgan fingerprint density at radius 3 is 2.71 bits per heavy atom. The van der Waals surface area contributed by atoms with Crippen LogP contribution in [0.2, 0.25) is 0 Å². The van der Waals surface area contributed by atoms with Crippen molar-refractivity contribution in [1.82, 2.24) is 4.98 Å². The molecular formula is C12H20N2. The van der Waals surface area contributed by atoms with E-state index in [-0.39, 0.29) is 0 Å². The molecule has 0 aliphatic carbocycles. The van der Waals surface area contributed by atoms with Crippen LogP contribution < -0.4 is 4.90 Å². The van der Waals surface area contributed by atoms with E-state index in [4.69, 9.17) is 0 Å². The highest BCUT2D eigenvalue weighted by atomic mass is 15.1. The van der Waals surface area contributed by atoms with Crippen molar-refractivity contribution in [3.8, 4) is 0 Å². The molecule has 0 unspecified atom stereocenters. The summed E-state index contributed by atoms with van der Waals surface area (Å²) in [6, 6.07) is 4.29. The van der Waals surface area contributed by atoms with Gasteiger partial charge in [0.2, 0.25) is 0 Å². The van der Waals surface area contributed by atoms with Crippen molar-refractivity contribution in [2.24, 2.45) is 5.92 Å². The normalized spacial score (nSPS) is 10.6. The maximum absolute atomic E-state index is 4.34. The van der Waals surface area contributed by atoms with Crippen molar-refractivity contribution in [3.05, 3.63) is 23.9 Å².